The first-order valence-corrected chi connectivity index (χ1v) is 10.4. The van der Waals surface area contributed by atoms with Gasteiger partial charge in [-0.15, -0.1) is 11.6 Å². The lowest BCUT2D eigenvalue weighted by molar-refractivity contribution is 0.820. The second-order valence-electron chi connectivity index (χ2n) is 5.81. The number of unbranched alkanes of at least 4 members (excludes halogenated alkanes) is 2. The minimum absolute atomic E-state index is 0.768. The summed E-state index contributed by atoms with van der Waals surface area (Å²) in [6, 6.07) is 17.6. The van der Waals surface area contributed by atoms with Gasteiger partial charge in [0.2, 0.25) is 0 Å². The summed E-state index contributed by atoms with van der Waals surface area (Å²) in [6.45, 7) is 4.49. The highest BCUT2D eigenvalue weighted by atomic mass is 35.5. The van der Waals surface area contributed by atoms with Gasteiger partial charge in [0.1, 0.15) is 8.80 Å². The van der Waals surface area contributed by atoms with E-state index < -0.39 is 8.80 Å². The molecule has 22 heavy (non-hydrogen) atoms. The first kappa shape index (κ1) is 17.0. The largest absolute Gasteiger partial charge is 0.127 e. The molecule has 116 valence electrons. The first-order chi connectivity index (χ1) is 10.7. The highest BCUT2D eigenvalue weighted by molar-refractivity contribution is 6.89. The van der Waals surface area contributed by atoms with Crippen LogP contribution in [0.15, 0.2) is 60.3 Å². The van der Waals surface area contributed by atoms with E-state index in [-0.39, 0.29) is 0 Å². The zero-order valence-corrected chi connectivity index (χ0v) is 15.5. The zero-order valence-electron chi connectivity index (χ0n) is 13.6. The summed E-state index contributed by atoms with van der Waals surface area (Å²) in [5.74, 6) is 0.768. The summed E-state index contributed by atoms with van der Waals surface area (Å²) in [4.78, 5) is 0. The van der Waals surface area contributed by atoms with Crippen LogP contribution in [0.2, 0.25) is 0 Å². The van der Waals surface area contributed by atoms with Crippen LogP contribution in [0.5, 0.6) is 0 Å². The summed E-state index contributed by atoms with van der Waals surface area (Å²) >= 11 is 5.76. The third-order valence-corrected chi connectivity index (χ3v) is 7.65. The second-order valence-corrected chi connectivity index (χ2v) is 8.77. The van der Waals surface area contributed by atoms with Crippen LogP contribution in [0, 0.1) is 13.8 Å². The van der Waals surface area contributed by atoms with E-state index in [4.69, 9.17) is 11.6 Å². The molecule has 0 fully saturated rings. The molecule has 2 aromatic rings. The van der Waals surface area contributed by atoms with Gasteiger partial charge >= 0.3 is 0 Å². The van der Waals surface area contributed by atoms with Crippen LogP contribution in [-0.2, 0) is 0 Å². The highest BCUT2D eigenvalue weighted by Gasteiger charge is 2.16. The number of alkyl halides is 1. The van der Waals surface area contributed by atoms with Gasteiger partial charge in [0, 0.05) is 5.88 Å². The van der Waals surface area contributed by atoms with E-state index in [1.165, 1.54) is 22.7 Å². The number of rotatable bonds is 7. The van der Waals surface area contributed by atoms with E-state index in [1.807, 2.05) is 0 Å². The monoisotopic (exact) mass is 328 g/mol. The Hall–Kier alpha value is -1.31. The quantitative estimate of drug-likeness (QED) is 0.407. The van der Waals surface area contributed by atoms with Crippen LogP contribution < -0.4 is 10.4 Å². The van der Waals surface area contributed by atoms with Crippen molar-refractivity contribution < 1.29 is 0 Å². The lowest BCUT2D eigenvalue weighted by atomic mass is 10.2. The van der Waals surface area contributed by atoms with E-state index in [0.717, 1.165) is 18.7 Å². The highest BCUT2D eigenvalue weighted by Crippen LogP contribution is 2.06. The Bertz CT molecular complexity index is 584. The molecule has 0 heterocycles. The van der Waals surface area contributed by atoms with Crippen molar-refractivity contribution >= 4 is 30.8 Å². The lowest BCUT2D eigenvalue weighted by Gasteiger charge is -2.18. The molecule has 2 rings (SSSR count). The molecule has 0 radical (unpaired) electrons. The zero-order chi connectivity index (χ0) is 15.8. The topological polar surface area (TPSA) is 0 Å². The van der Waals surface area contributed by atoms with Gasteiger partial charge in [-0.2, -0.15) is 0 Å². The molecule has 0 amide bonds. The molecule has 0 aromatic heterocycles. The van der Waals surface area contributed by atoms with E-state index in [1.54, 1.807) is 5.19 Å². The second kappa shape index (κ2) is 8.97. The van der Waals surface area contributed by atoms with Gasteiger partial charge < -0.3 is 0 Å². The number of aryl methyl sites for hydroxylation is 2. The minimum atomic E-state index is -1.29. The molecule has 0 nitrogen and oxygen atoms in total. The van der Waals surface area contributed by atoms with Gasteiger partial charge in [-0.25, -0.2) is 0 Å². The first-order valence-electron chi connectivity index (χ1n) is 8.07. The molecule has 0 spiro atoms. The Morgan fingerprint density at radius 1 is 0.909 bits per heavy atom. The van der Waals surface area contributed by atoms with Crippen LogP contribution in [-0.4, -0.2) is 14.7 Å². The number of hydrogen-bond acceptors (Lipinski definition) is 0. The fourth-order valence-electron chi connectivity index (χ4n) is 2.94. The molecular weight excluding hydrogens is 304 g/mol. The van der Waals surface area contributed by atoms with Crippen molar-refractivity contribution in [1.82, 2.24) is 0 Å². The standard InChI is InChI=1S/C20H25ClSi/c1-17-11-10-12-18(2)20(17)22(16-9-4-3-8-15-21)19-13-6-5-7-14-19/h5-7,9-14,16,22H,3-4,8,15H2,1-2H3/b16-9+/t22-/m0/s1. The minimum Gasteiger partial charge on any atom is -0.127 e. The van der Waals surface area contributed by atoms with Crippen molar-refractivity contribution in [1.29, 1.82) is 0 Å². The predicted molar refractivity (Wildman–Crippen MR) is 102 cm³/mol. The van der Waals surface area contributed by atoms with E-state index >= 15 is 0 Å². The number of allylic oxidation sites excluding steroid dienone is 1. The van der Waals surface area contributed by atoms with Crippen molar-refractivity contribution in [3.05, 3.63) is 71.4 Å². The van der Waals surface area contributed by atoms with Crippen LogP contribution in [0.3, 0.4) is 0 Å². The van der Waals surface area contributed by atoms with Crippen molar-refractivity contribution in [3.63, 3.8) is 0 Å². The number of benzene rings is 2. The molecule has 0 N–H and O–H groups in total. The lowest BCUT2D eigenvalue weighted by Crippen LogP contribution is -2.43. The Labute approximate surface area is 141 Å². The third kappa shape index (κ3) is 4.59. The molecule has 2 heteroatoms. The molecule has 0 bridgehead atoms. The fraction of sp³-hybridized carbons (Fsp3) is 0.300. The van der Waals surface area contributed by atoms with Crippen molar-refractivity contribution in [2.75, 3.05) is 5.88 Å². The summed E-state index contributed by atoms with van der Waals surface area (Å²) in [5.41, 5.74) is 5.34. The maximum absolute atomic E-state index is 5.76. The normalized spacial score (nSPS) is 12.7. The maximum atomic E-state index is 5.76. The summed E-state index contributed by atoms with van der Waals surface area (Å²) in [5, 5.41) is 3.07. The van der Waals surface area contributed by atoms with Gasteiger partial charge in [0.05, 0.1) is 0 Å². The van der Waals surface area contributed by atoms with E-state index in [9.17, 15) is 0 Å². The summed E-state index contributed by atoms with van der Waals surface area (Å²) in [6.07, 6.45) is 5.80. The Morgan fingerprint density at radius 2 is 1.59 bits per heavy atom. The number of halogens is 1. The smallest absolute Gasteiger partial charge is 0.125 e. The van der Waals surface area contributed by atoms with Crippen molar-refractivity contribution in [2.45, 2.75) is 33.1 Å². The Balaban J connectivity index is 2.30. The SMILES string of the molecule is Cc1cccc(C)c1[Si@@H](/C=C/CCCCCl)c1ccccc1. The molecule has 0 aliphatic rings. The maximum Gasteiger partial charge on any atom is 0.125 e. The average molecular weight is 329 g/mol. The van der Waals surface area contributed by atoms with Gasteiger partial charge in [0.25, 0.3) is 0 Å². The van der Waals surface area contributed by atoms with Crippen LogP contribution >= 0.6 is 11.6 Å². The van der Waals surface area contributed by atoms with Gasteiger partial charge in [-0.1, -0.05) is 76.6 Å². The van der Waals surface area contributed by atoms with Crippen LogP contribution in [0.25, 0.3) is 0 Å². The Morgan fingerprint density at radius 3 is 2.23 bits per heavy atom. The molecule has 0 aliphatic heterocycles. The summed E-state index contributed by atoms with van der Waals surface area (Å²) in [7, 11) is -1.29. The van der Waals surface area contributed by atoms with E-state index in [2.05, 4.69) is 74.2 Å². The molecule has 1 atom stereocenters. The van der Waals surface area contributed by atoms with E-state index in [0.29, 0.717) is 0 Å². The van der Waals surface area contributed by atoms with Crippen molar-refractivity contribution in [3.8, 4) is 0 Å². The molecule has 0 unspecified atom stereocenters. The molecular formula is C20H25ClSi. The van der Waals surface area contributed by atoms with Gasteiger partial charge in [-0.3, -0.25) is 0 Å². The van der Waals surface area contributed by atoms with Crippen LogP contribution in [0.1, 0.15) is 30.4 Å². The predicted octanol–water partition coefficient (Wildman–Crippen LogP) is 4.15. The molecule has 0 saturated carbocycles. The molecule has 2 aromatic carbocycles. The summed E-state index contributed by atoms with van der Waals surface area (Å²) < 4.78 is 0. The van der Waals surface area contributed by atoms with Gasteiger partial charge in [0.15, 0.2) is 0 Å². The van der Waals surface area contributed by atoms with Crippen LogP contribution in [0.4, 0.5) is 0 Å². The van der Waals surface area contributed by atoms with Crippen molar-refractivity contribution in [2.24, 2.45) is 0 Å². The average Bonchev–Trinajstić information content (AvgIpc) is 2.53. The van der Waals surface area contributed by atoms with Gasteiger partial charge in [-0.05, 0) is 38.3 Å². The fourth-order valence-corrected chi connectivity index (χ4v) is 6.15. The number of hydrogen-bond donors (Lipinski definition) is 0. The third-order valence-electron chi connectivity index (χ3n) is 4.09. The Kier molecular flexibility index (Phi) is 6.95. The molecule has 0 saturated heterocycles. The molecule has 0 aliphatic carbocycles.